The molecule has 1 saturated heterocycles. The van der Waals surface area contributed by atoms with Crippen molar-refractivity contribution in [1.82, 2.24) is 14.9 Å². The Kier molecular flexibility index (Phi) is 3.72. The number of hydrogen-bond acceptors (Lipinski definition) is 6. The number of nitrogens with one attached hydrogen (secondary N) is 1. The number of carbonyl (C=O) groups excluding carboxylic acids is 1. The molecule has 1 aromatic heterocycles. The summed E-state index contributed by atoms with van der Waals surface area (Å²) in [6, 6.07) is 9.60. The van der Waals surface area contributed by atoms with Crippen molar-refractivity contribution in [1.29, 1.82) is 0 Å². The first-order valence-electron chi connectivity index (χ1n) is 9.19. The quantitative estimate of drug-likeness (QED) is 0.868. The number of para-hydroxylation sites is 1. The van der Waals surface area contributed by atoms with Crippen LogP contribution in [0.3, 0.4) is 0 Å². The van der Waals surface area contributed by atoms with Crippen LogP contribution in [0.5, 0.6) is 0 Å². The molecule has 1 N–H and O–H groups in total. The first-order valence-corrected chi connectivity index (χ1v) is 10.9. The molecule has 1 saturated carbocycles. The van der Waals surface area contributed by atoms with Gasteiger partial charge >= 0.3 is 0 Å². The molecule has 7 nitrogen and oxygen atoms in total. The third-order valence-corrected chi connectivity index (χ3v) is 7.72. The second-order valence-electron chi connectivity index (χ2n) is 7.56. The van der Waals surface area contributed by atoms with Gasteiger partial charge in [-0.25, -0.2) is 18.4 Å². The Bertz CT molecular complexity index is 1000. The third-order valence-electron chi connectivity index (χ3n) is 5.60. The molecule has 3 heterocycles. The van der Waals surface area contributed by atoms with Crippen molar-refractivity contribution in [3.05, 3.63) is 47.8 Å². The van der Waals surface area contributed by atoms with Crippen molar-refractivity contribution in [3.63, 3.8) is 0 Å². The molecular formula is C19H20N4O3S. The molecule has 1 aliphatic carbocycles. The first-order chi connectivity index (χ1) is 13.0. The maximum Gasteiger partial charge on any atom is 0.227 e. The topological polar surface area (TPSA) is 92.3 Å². The predicted molar refractivity (Wildman–Crippen MR) is 100 cm³/mol. The predicted octanol–water partition coefficient (Wildman–Crippen LogP) is 1.85. The van der Waals surface area contributed by atoms with Crippen LogP contribution in [0.4, 0.5) is 11.6 Å². The number of rotatable bonds is 3. The Labute approximate surface area is 157 Å². The van der Waals surface area contributed by atoms with Gasteiger partial charge in [-0.2, -0.15) is 0 Å². The molecule has 2 aromatic rings. The van der Waals surface area contributed by atoms with Crippen LogP contribution in [0.15, 0.2) is 36.5 Å². The van der Waals surface area contributed by atoms with Crippen molar-refractivity contribution >= 4 is 27.4 Å². The zero-order valence-corrected chi connectivity index (χ0v) is 15.5. The minimum Gasteiger partial charge on any atom is -0.340 e. The molecular weight excluding hydrogens is 364 g/mol. The van der Waals surface area contributed by atoms with E-state index in [1.54, 1.807) is 11.1 Å². The van der Waals surface area contributed by atoms with Crippen molar-refractivity contribution in [2.75, 3.05) is 18.4 Å². The Morgan fingerprint density at radius 3 is 2.67 bits per heavy atom. The van der Waals surface area contributed by atoms with Crippen LogP contribution in [-0.4, -0.2) is 47.5 Å². The summed E-state index contributed by atoms with van der Waals surface area (Å²) in [5.41, 5.74) is 2.28. The number of amides is 1. The smallest absolute Gasteiger partial charge is 0.227 e. The number of sulfone groups is 1. The van der Waals surface area contributed by atoms with Crippen LogP contribution in [-0.2, 0) is 20.4 Å². The molecule has 0 spiro atoms. The zero-order valence-electron chi connectivity index (χ0n) is 14.7. The molecule has 3 aliphatic rings. The summed E-state index contributed by atoms with van der Waals surface area (Å²) in [5, 5.41) is 2.60. The van der Waals surface area contributed by atoms with Gasteiger partial charge < -0.3 is 10.2 Å². The molecule has 1 aromatic carbocycles. The maximum absolute atomic E-state index is 12.7. The fourth-order valence-corrected chi connectivity index (χ4v) is 6.05. The maximum atomic E-state index is 12.7. The van der Waals surface area contributed by atoms with Gasteiger partial charge in [-0.15, -0.1) is 0 Å². The largest absolute Gasteiger partial charge is 0.340 e. The highest BCUT2D eigenvalue weighted by Crippen LogP contribution is 2.41. The Hall–Kier alpha value is -2.48. The van der Waals surface area contributed by atoms with Crippen molar-refractivity contribution in [2.45, 2.75) is 29.8 Å². The van der Waals surface area contributed by atoms with E-state index in [-0.39, 0.29) is 30.0 Å². The van der Waals surface area contributed by atoms with Gasteiger partial charge in [-0.05, 0) is 25.0 Å². The molecule has 0 radical (unpaired) electrons. The van der Waals surface area contributed by atoms with Crippen LogP contribution in [0, 0.1) is 5.92 Å². The number of likely N-dealkylation sites (tertiary alicyclic amines) is 1. The van der Waals surface area contributed by atoms with E-state index in [0.717, 1.165) is 24.2 Å². The lowest BCUT2D eigenvalue weighted by Crippen LogP contribution is -2.36. The number of carbonyl (C=O) groups is 1. The van der Waals surface area contributed by atoms with Gasteiger partial charge in [-0.3, -0.25) is 4.79 Å². The van der Waals surface area contributed by atoms with E-state index in [2.05, 4.69) is 15.3 Å². The number of anilines is 2. The highest BCUT2D eigenvalue weighted by molar-refractivity contribution is 7.91. The van der Waals surface area contributed by atoms with Crippen LogP contribution in [0.25, 0.3) is 0 Å². The summed E-state index contributed by atoms with van der Waals surface area (Å²) in [5.74, 6) is 0.303. The molecule has 2 aliphatic heterocycles. The van der Waals surface area contributed by atoms with E-state index in [4.69, 9.17) is 0 Å². The normalized spacial score (nSPS) is 25.6. The van der Waals surface area contributed by atoms with E-state index in [1.807, 2.05) is 30.3 Å². The van der Waals surface area contributed by atoms with Gasteiger partial charge in [0.05, 0.1) is 16.7 Å². The van der Waals surface area contributed by atoms with Crippen LogP contribution in [0.2, 0.25) is 0 Å². The van der Waals surface area contributed by atoms with E-state index >= 15 is 0 Å². The average Bonchev–Trinajstić information content (AvgIpc) is 3.40. The number of aromatic nitrogens is 2. The molecule has 140 valence electrons. The Morgan fingerprint density at radius 1 is 1.15 bits per heavy atom. The summed E-state index contributed by atoms with van der Waals surface area (Å²) in [4.78, 5) is 23.1. The minimum absolute atomic E-state index is 0.0550. The molecule has 5 rings (SSSR count). The summed E-state index contributed by atoms with van der Waals surface area (Å²) < 4.78 is 25.5. The van der Waals surface area contributed by atoms with E-state index in [0.29, 0.717) is 18.1 Å². The molecule has 27 heavy (non-hydrogen) atoms. The summed E-state index contributed by atoms with van der Waals surface area (Å²) in [6.07, 6.45) is 3.44. The molecule has 0 unspecified atom stereocenters. The summed E-state index contributed by atoms with van der Waals surface area (Å²) in [7, 11) is -3.31. The Balaban J connectivity index is 1.48. The molecule has 8 heteroatoms. The molecule has 0 bridgehead atoms. The SMILES string of the molecule is O=C(C1CC1)N1C[C@@H]2c3nc(Nc4ccccc4)ncc3CS(=O)(=O)[C@@H]2C1. The van der Waals surface area contributed by atoms with Gasteiger partial charge in [0.25, 0.3) is 0 Å². The van der Waals surface area contributed by atoms with Crippen molar-refractivity contribution in [3.8, 4) is 0 Å². The highest BCUT2D eigenvalue weighted by Gasteiger charge is 2.50. The fraction of sp³-hybridized carbons (Fsp3) is 0.421. The van der Waals surface area contributed by atoms with Gasteiger partial charge in [0, 0.05) is 42.4 Å². The van der Waals surface area contributed by atoms with E-state index < -0.39 is 15.1 Å². The number of hydrogen-bond donors (Lipinski definition) is 1. The van der Waals surface area contributed by atoms with Gasteiger partial charge in [-0.1, -0.05) is 18.2 Å². The minimum atomic E-state index is -3.31. The van der Waals surface area contributed by atoms with Crippen LogP contribution in [0.1, 0.15) is 30.0 Å². The number of benzene rings is 1. The first kappa shape index (κ1) is 16.7. The number of nitrogens with zero attached hydrogens (tertiary/aromatic N) is 3. The second-order valence-corrected chi connectivity index (χ2v) is 9.78. The summed E-state index contributed by atoms with van der Waals surface area (Å²) >= 11 is 0. The lowest BCUT2D eigenvalue weighted by Gasteiger charge is -2.26. The third kappa shape index (κ3) is 2.97. The molecule has 2 fully saturated rings. The lowest BCUT2D eigenvalue weighted by atomic mass is 10.00. The van der Waals surface area contributed by atoms with E-state index in [9.17, 15) is 13.2 Å². The average molecular weight is 384 g/mol. The van der Waals surface area contributed by atoms with Crippen LogP contribution >= 0.6 is 0 Å². The monoisotopic (exact) mass is 384 g/mol. The van der Waals surface area contributed by atoms with E-state index in [1.165, 1.54) is 0 Å². The van der Waals surface area contributed by atoms with Crippen molar-refractivity contribution < 1.29 is 13.2 Å². The number of fused-ring (bicyclic) bond motifs is 3. The standard InChI is InChI=1S/C19H20N4O3S/c24-18(12-6-7-12)23-9-15-16(10-23)27(25,26)11-13-8-20-19(22-17(13)15)21-14-4-2-1-3-5-14/h1-5,8,12,15-16H,6-7,9-11H2,(H,20,21,22)/t15-,16+/m0/s1. The second kappa shape index (κ2) is 6.02. The lowest BCUT2D eigenvalue weighted by molar-refractivity contribution is -0.131. The van der Waals surface area contributed by atoms with Crippen LogP contribution < -0.4 is 5.32 Å². The van der Waals surface area contributed by atoms with Gasteiger partial charge in [0.2, 0.25) is 11.9 Å². The Morgan fingerprint density at radius 2 is 1.93 bits per heavy atom. The summed E-state index contributed by atoms with van der Waals surface area (Å²) in [6.45, 7) is 0.710. The zero-order chi connectivity index (χ0) is 18.6. The molecule has 1 amide bonds. The van der Waals surface area contributed by atoms with Gasteiger partial charge in [0.1, 0.15) is 0 Å². The van der Waals surface area contributed by atoms with Gasteiger partial charge in [0.15, 0.2) is 9.84 Å². The fourth-order valence-electron chi connectivity index (χ4n) is 4.06. The van der Waals surface area contributed by atoms with Crippen molar-refractivity contribution in [2.24, 2.45) is 5.92 Å². The molecule has 2 atom stereocenters. The highest BCUT2D eigenvalue weighted by atomic mass is 32.2.